The Labute approximate surface area is 66.8 Å². The molecule has 1 unspecified atom stereocenters. The van der Waals surface area contributed by atoms with Crippen molar-refractivity contribution >= 4 is 5.91 Å². The average molecular weight is 157 g/mol. The van der Waals surface area contributed by atoms with Gasteiger partial charge in [-0.15, -0.1) is 0 Å². The Kier molecular flexibility index (Phi) is 5.42. The minimum absolute atomic E-state index is 0.177. The van der Waals surface area contributed by atoms with E-state index in [4.69, 9.17) is 5.73 Å². The number of amides is 1. The Balaban J connectivity index is 3.37. The van der Waals surface area contributed by atoms with Crippen LogP contribution in [-0.4, -0.2) is 25.2 Å². The lowest BCUT2D eigenvalue weighted by Gasteiger charge is -2.11. The van der Waals surface area contributed by atoms with Crippen molar-refractivity contribution in [2.45, 2.75) is 13.1 Å². The molecule has 0 saturated heterocycles. The van der Waals surface area contributed by atoms with E-state index in [1.165, 1.54) is 6.08 Å². The van der Waals surface area contributed by atoms with E-state index in [1.807, 2.05) is 6.92 Å². The molecule has 4 heteroatoms. The monoisotopic (exact) mass is 157 g/mol. The molecule has 0 aromatic heterocycles. The summed E-state index contributed by atoms with van der Waals surface area (Å²) in [5.41, 5.74) is 5.53. The predicted octanol–water partition coefficient (Wildman–Crippen LogP) is -0.817. The smallest absolute Gasteiger partial charge is 0.243 e. The Morgan fingerprint density at radius 3 is 2.91 bits per heavy atom. The van der Waals surface area contributed by atoms with Gasteiger partial charge < -0.3 is 16.4 Å². The first-order chi connectivity index (χ1) is 5.20. The van der Waals surface area contributed by atoms with E-state index in [1.54, 1.807) is 0 Å². The lowest BCUT2D eigenvalue weighted by molar-refractivity contribution is -0.116. The molecule has 0 saturated carbocycles. The van der Waals surface area contributed by atoms with E-state index >= 15 is 0 Å². The standard InChI is InChI=1S/C7H15N3O/c1-3-7(11)10-5-6(8)9-4-2/h3,6,9H,1,4-5,8H2,2H3,(H,10,11). The summed E-state index contributed by atoms with van der Waals surface area (Å²) in [6.07, 6.45) is 1.04. The number of carbonyl (C=O) groups excluding carboxylic acids is 1. The third-order valence-corrected chi connectivity index (χ3v) is 1.15. The summed E-state index contributed by atoms with van der Waals surface area (Å²) in [5.74, 6) is -0.196. The zero-order valence-electron chi connectivity index (χ0n) is 6.76. The second kappa shape index (κ2) is 5.88. The second-order valence-corrected chi connectivity index (χ2v) is 2.11. The molecule has 0 aliphatic carbocycles. The molecule has 0 radical (unpaired) electrons. The number of nitrogens with one attached hydrogen (secondary N) is 2. The minimum atomic E-state index is -0.196. The number of likely N-dealkylation sites (N-methyl/N-ethyl adjacent to an activating group) is 1. The fourth-order valence-corrected chi connectivity index (χ4v) is 0.617. The molecule has 0 spiro atoms. The molecule has 0 aromatic carbocycles. The molecule has 0 aliphatic heterocycles. The summed E-state index contributed by atoms with van der Waals surface area (Å²) >= 11 is 0. The molecule has 0 heterocycles. The summed E-state index contributed by atoms with van der Waals surface area (Å²) in [6, 6.07) is 0. The number of carbonyl (C=O) groups is 1. The van der Waals surface area contributed by atoms with E-state index in [2.05, 4.69) is 17.2 Å². The van der Waals surface area contributed by atoms with Crippen LogP contribution in [0.5, 0.6) is 0 Å². The minimum Gasteiger partial charge on any atom is -0.350 e. The van der Waals surface area contributed by atoms with Crippen molar-refractivity contribution < 1.29 is 4.79 Å². The molecule has 0 rings (SSSR count). The fraction of sp³-hybridized carbons (Fsp3) is 0.571. The first-order valence-electron chi connectivity index (χ1n) is 3.60. The Hall–Kier alpha value is -0.870. The summed E-state index contributed by atoms with van der Waals surface area (Å²) in [5, 5.41) is 5.53. The van der Waals surface area contributed by atoms with Gasteiger partial charge in [0.05, 0.1) is 6.17 Å². The molecule has 64 valence electrons. The second-order valence-electron chi connectivity index (χ2n) is 2.11. The van der Waals surface area contributed by atoms with Gasteiger partial charge in [-0.3, -0.25) is 4.79 Å². The third kappa shape index (κ3) is 5.57. The van der Waals surface area contributed by atoms with E-state index in [0.29, 0.717) is 6.54 Å². The highest BCUT2D eigenvalue weighted by Crippen LogP contribution is 1.70. The van der Waals surface area contributed by atoms with Gasteiger partial charge in [0.1, 0.15) is 0 Å². The molecule has 4 nitrogen and oxygen atoms in total. The zero-order chi connectivity index (χ0) is 8.69. The summed E-state index contributed by atoms with van der Waals surface area (Å²) < 4.78 is 0. The number of nitrogens with two attached hydrogens (primary N) is 1. The Morgan fingerprint density at radius 2 is 2.45 bits per heavy atom. The van der Waals surface area contributed by atoms with Crippen molar-refractivity contribution in [3.63, 3.8) is 0 Å². The van der Waals surface area contributed by atoms with Gasteiger partial charge in [-0.05, 0) is 12.6 Å². The van der Waals surface area contributed by atoms with Crippen LogP contribution in [-0.2, 0) is 4.79 Å². The maximum Gasteiger partial charge on any atom is 0.243 e. The van der Waals surface area contributed by atoms with Crippen LogP contribution in [0.4, 0.5) is 0 Å². The molecule has 1 amide bonds. The molecule has 0 aliphatic rings. The molecule has 0 fully saturated rings. The van der Waals surface area contributed by atoms with E-state index in [-0.39, 0.29) is 12.1 Å². The lowest BCUT2D eigenvalue weighted by atomic mass is 10.4. The van der Waals surface area contributed by atoms with Crippen LogP contribution in [0.1, 0.15) is 6.92 Å². The topological polar surface area (TPSA) is 67.2 Å². The highest BCUT2D eigenvalue weighted by molar-refractivity contribution is 5.86. The van der Waals surface area contributed by atoms with Crippen molar-refractivity contribution in [2.75, 3.05) is 13.1 Å². The van der Waals surface area contributed by atoms with Crippen molar-refractivity contribution in [3.05, 3.63) is 12.7 Å². The van der Waals surface area contributed by atoms with Crippen LogP contribution in [0.15, 0.2) is 12.7 Å². The molecule has 0 bridgehead atoms. The van der Waals surface area contributed by atoms with Gasteiger partial charge in [-0.25, -0.2) is 0 Å². The molecular formula is C7H15N3O. The fourth-order valence-electron chi connectivity index (χ4n) is 0.617. The third-order valence-electron chi connectivity index (χ3n) is 1.15. The Morgan fingerprint density at radius 1 is 1.82 bits per heavy atom. The number of hydrogen-bond donors (Lipinski definition) is 3. The first-order valence-corrected chi connectivity index (χ1v) is 3.60. The van der Waals surface area contributed by atoms with Crippen molar-refractivity contribution in [2.24, 2.45) is 5.73 Å². The van der Waals surface area contributed by atoms with E-state index in [9.17, 15) is 4.79 Å². The van der Waals surface area contributed by atoms with Crippen LogP contribution in [0.3, 0.4) is 0 Å². The molecule has 0 aromatic rings. The van der Waals surface area contributed by atoms with Gasteiger partial charge in [0.25, 0.3) is 0 Å². The van der Waals surface area contributed by atoms with Gasteiger partial charge in [-0.2, -0.15) is 0 Å². The molecule has 4 N–H and O–H groups in total. The van der Waals surface area contributed by atoms with Gasteiger partial charge in [0, 0.05) is 6.54 Å². The van der Waals surface area contributed by atoms with Crippen LogP contribution < -0.4 is 16.4 Å². The first kappa shape index (κ1) is 10.1. The van der Waals surface area contributed by atoms with Gasteiger partial charge in [0.2, 0.25) is 5.91 Å². The SMILES string of the molecule is C=CC(=O)NCC(N)NCC. The van der Waals surface area contributed by atoms with E-state index < -0.39 is 0 Å². The summed E-state index contributed by atoms with van der Waals surface area (Å²) in [6.45, 7) is 6.49. The molecular weight excluding hydrogens is 142 g/mol. The predicted molar refractivity (Wildman–Crippen MR) is 44.9 cm³/mol. The van der Waals surface area contributed by atoms with Gasteiger partial charge in [0.15, 0.2) is 0 Å². The normalized spacial score (nSPS) is 12.2. The highest BCUT2D eigenvalue weighted by Gasteiger charge is 1.99. The van der Waals surface area contributed by atoms with Gasteiger partial charge in [-0.1, -0.05) is 13.5 Å². The molecule has 11 heavy (non-hydrogen) atoms. The van der Waals surface area contributed by atoms with Crippen LogP contribution in [0.2, 0.25) is 0 Å². The zero-order valence-corrected chi connectivity index (χ0v) is 6.76. The summed E-state index contributed by atoms with van der Waals surface area (Å²) in [7, 11) is 0. The Bertz CT molecular complexity index is 136. The van der Waals surface area contributed by atoms with Crippen LogP contribution in [0, 0.1) is 0 Å². The van der Waals surface area contributed by atoms with Crippen molar-refractivity contribution in [1.29, 1.82) is 0 Å². The summed E-state index contributed by atoms with van der Waals surface area (Å²) in [4.78, 5) is 10.6. The maximum absolute atomic E-state index is 10.6. The van der Waals surface area contributed by atoms with E-state index in [0.717, 1.165) is 6.54 Å². The van der Waals surface area contributed by atoms with Gasteiger partial charge >= 0.3 is 0 Å². The largest absolute Gasteiger partial charge is 0.350 e. The van der Waals surface area contributed by atoms with Crippen LogP contribution >= 0.6 is 0 Å². The van der Waals surface area contributed by atoms with Crippen LogP contribution in [0.25, 0.3) is 0 Å². The number of hydrogen-bond acceptors (Lipinski definition) is 3. The quantitative estimate of drug-likeness (QED) is 0.361. The van der Waals surface area contributed by atoms with Crippen molar-refractivity contribution in [3.8, 4) is 0 Å². The number of rotatable bonds is 5. The maximum atomic E-state index is 10.6. The average Bonchev–Trinajstić information content (AvgIpc) is 2.01. The molecule has 1 atom stereocenters. The highest BCUT2D eigenvalue weighted by atomic mass is 16.1. The lowest BCUT2D eigenvalue weighted by Crippen LogP contribution is -2.46. The van der Waals surface area contributed by atoms with Crippen molar-refractivity contribution in [1.82, 2.24) is 10.6 Å².